The number of aromatic nitrogens is 4. The van der Waals surface area contributed by atoms with Crippen LogP contribution in [0.1, 0.15) is 43.3 Å². The van der Waals surface area contributed by atoms with Gasteiger partial charge in [0.1, 0.15) is 17.3 Å². The second-order valence-electron chi connectivity index (χ2n) is 4.76. The van der Waals surface area contributed by atoms with Crippen LogP contribution in [0.4, 0.5) is 0 Å². The van der Waals surface area contributed by atoms with E-state index in [4.69, 9.17) is 4.52 Å². The van der Waals surface area contributed by atoms with Crippen LogP contribution < -0.4 is 0 Å². The van der Waals surface area contributed by atoms with Crippen LogP contribution in [-0.4, -0.2) is 25.9 Å². The van der Waals surface area contributed by atoms with Gasteiger partial charge < -0.3 is 4.52 Å². The summed E-state index contributed by atoms with van der Waals surface area (Å²) >= 11 is 0. The highest BCUT2D eigenvalue weighted by Gasteiger charge is 2.25. The highest BCUT2D eigenvalue weighted by molar-refractivity contribution is 5.79. The van der Waals surface area contributed by atoms with Crippen molar-refractivity contribution in [3.63, 3.8) is 0 Å². The summed E-state index contributed by atoms with van der Waals surface area (Å²) in [4.78, 5) is 23.9. The van der Waals surface area contributed by atoms with Gasteiger partial charge in [-0.2, -0.15) is 4.98 Å². The zero-order valence-electron chi connectivity index (χ0n) is 10.7. The molecule has 6 heteroatoms. The maximum Gasteiger partial charge on any atom is 0.230 e. The predicted octanol–water partition coefficient (Wildman–Crippen LogP) is 2.06. The van der Waals surface area contributed by atoms with Crippen LogP contribution in [0.3, 0.4) is 0 Å². The van der Waals surface area contributed by atoms with Gasteiger partial charge in [0.15, 0.2) is 0 Å². The Balaban J connectivity index is 1.81. The molecule has 0 spiro atoms. The molecule has 0 N–H and O–H groups in total. The summed E-state index contributed by atoms with van der Waals surface area (Å²) in [5.41, 5.74) is 0.661. The Hall–Kier alpha value is -2.11. The Morgan fingerprint density at radius 3 is 2.79 bits per heavy atom. The quantitative estimate of drug-likeness (QED) is 0.820. The van der Waals surface area contributed by atoms with Crippen LogP contribution in [-0.2, 0) is 4.79 Å². The first kappa shape index (κ1) is 12.0. The van der Waals surface area contributed by atoms with E-state index in [0.717, 1.165) is 12.8 Å². The molecule has 2 aromatic heterocycles. The molecule has 6 nitrogen and oxygen atoms in total. The summed E-state index contributed by atoms with van der Waals surface area (Å²) in [5, 5.41) is 3.96. The van der Waals surface area contributed by atoms with Gasteiger partial charge in [0.25, 0.3) is 0 Å². The summed E-state index contributed by atoms with van der Waals surface area (Å²) < 4.78 is 5.30. The van der Waals surface area contributed by atoms with Gasteiger partial charge in [0, 0.05) is 25.0 Å². The molecule has 1 fully saturated rings. The summed E-state index contributed by atoms with van der Waals surface area (Å²) in [6, 6.07) is 1.76. The summed E-state index contributed by atoms with van der Waals surface area (Å²) in [7, 11) is 0. The van der Waals surface area contributed by atoms with Crippen molar-refractivity contribution >= 4 is 5.78 Å². The second-order valence-corrected chi connectivity index (χ2v) is 4.76. The molecule has 1 aliphatic carbocycles. The molecule has 3 rings (SSSR count). The summed E-state index contributed by atoms with van der Waals surface area (Å²) in [6.45, 7) is 1.82. The van der Waals surface area contributed by atoms with Crippen molar-refractivity contribution in [2.45, 2.75) is 38.5 Å². The van der Waals surface area contributed by atoms with E-state index in [0.29, 0.717) is 41.9 Å². The molecule has 0 aromatic carbocycles. The third-order valence-electron chi connectivity index (χ3n) is 3.34. The monoisotopic (exact) mass is 258 g/mol. The van der Waals surface area contributed by atoms with Gasteiger partial charge in [-0.05, 0) is 25.8 Å². The van der Waals surface area contributed by atoms with Gasteiger partial charge in [-0.3, -0.25) is 4.79 Å². The molecular formula is C13H14N4O2. The number of rotatable bonds is 2. The molecule has 0 atom stereocenters. The number of Topliss-reactive ketones (excluding diaryl/α,β-unsaturated/α-hetero) is 1. The van der Waals surface area contributed by atoms with Gasteiger partial charge in [0.05, 0.1) is 0 Å². The summed E-state index contributed by atoms with van der Waals surface area (Å²) in [5.74, 6) is 2.28. The summed E-state index contributed by atoms with van der Waals surface area (Å²) in [6.07, 6.45) is 4.48. The van der Waals surface area contributed by atoms with Crippen molar-refractivity contribution in [1.82, 2.24) is 20.1 Å². The molecule has 0 radical (unpaired) electrons. The number of hydrogen-bond acceptors (Lipinski definition) is 6. The average molecular weight is 258 g/mol. The number of ketones is 1. The van der Waals surface area contributed by atoms with E-state index < -0.39 is 0 Å². The lowest BCUT2D eigenvalue weighted by atomic mass is 9.88. The van der Waals surface area contributed by atoms with E-state index >= 15 is 0 Å². The maximum atomic E-state index is 11.2. The number of aryl methyl sites for hydroxylation is 1. The zero-order chi connectivity index (χ0) is 13.2. The van der Waals surface area contributed by atoms with Crippen LogP contribution in [0.2, 0.25) is 0 Å². The van der Waals surface area contributed by atoms with Crippen molar-refractivity contribution in [3.05, 3.63) is 24.0 Å². The fourth-order valence-corrected chi connectivity index (χ4v) is 2.27. The molecule has 2 heterocycles. The molecule has 1 saturated carbocycles. The van der Waals surface area contributed by atoms with E-state index in [2.05, 4.69) is 20.1 Å². The van der Waals surface area contributed by atoms with Gasteiger partial charge in [0.2, 0.25) is 11.7 Å². The zero-order valence-corrected chi connectivity index (χ0v) is 10.7. The maximum absolute atomic E-state index is 11.2. The molecular weight excluding hydrogens is 244 g/mol. The highest BCUT2D eigenvalue weighted by atomic mass is 16.5. The first-order valence-corrected chi connectivity index (χ1v) is 6.37. The van der Waals surface area contributed by atoms with Crippen LogP contribution in [0.15, 0.2) is 16.8 Å². The topological polar surface area (TPSA) is 81.8 Å². The van der Waals surface area contributed by atoms with E-state index in [-0.39, 0.29) is 5.92 Å². The van der Waals surface area contributed by atoms with Crippen LogP contribution >= 0.6 is 0 Å². The number of nitrogens with zero attached hydrogens (tertiary/aromatic N) is 4. The van der Waals surface area contributed by atoms with Crippen molar-refractivity contribution in [2.75, 3.05) is 0 Å². The largest absolute Gasteiger partial charge is 0.339 e. The Morgan fingerprint density at radius 2 is 2.05 bits per heavy atom. The highest BCUT2D eigenvalue weighted by Crippen LogP contribution is 2.30. The fraction of sp³-hybridized carbons (Fsp3) is 0.462. The lowest BCUT2D eigenvalue weighted by molar-refractivity contribution is -0.120. The van der Waals surface area contributed by atoms with E-state index in [1.165, 1.54) is 0 Å². The minimum atomic E-state index is 0.196. The van der Waals surface area contributed by atoms with Crippen LogP contribution in [0.25, 0.3) is 11.5 Å². The molecule has 19 heavy (non-hydrogen) atoms. The number of carbonyl (C=O) groups is 1. The van der Waals surface area contributed by atoms with Gasteiger partial charge >= 0.3 is 0 Å². The smallest absolute Gasteiger partial charge is 0.230 e. The molecule has 0 bridgehead atoms. The normalized spacial score (nSPS) is 16.8. The SMILES string of the molecule is Cc1nccc(-c2noc(C3CCC(=O)CC3)n2)n1. The Kier molecular flexibility index (Phi) is 3.06. The van der Waals surface area contributed by atoms with Gasteiger partial charge in [-0.1, -0.05) is 5.16 Å². The fourth-order valence-electron chi connectivity index (χ4n) is 2.27. The standard InChI is InChI=1S/C13H14N4O2/c1-8-14-7-6-11(15-8)12-16-13(19-17-12)9-2-4-10(18)5-3-9/h6-7,9H,2-5H2,1H3. The molecule has 0 aliphatic heterocycles. The average Bonchev–Trinajstić information content (AvgIpc) is 2.89. The van der Waals surface area contributed by atoms with Crippen LogP contribution in [0, 0.1) is 6.92 Å². The third kappa shape index (κ3) is 2.52. The Labute approximate surface area is 110 Å². The van der Waals surface area contributed by atoms with Gasteiger partial charge in [-0.25, -0.2) is 9.97 Å². The lowest BCUT2D eigenvalue weighted by Crippen LogP contribution is -2.12. The molecule has 0 unspecified atom stereocenters. The minimum Gasteiger partial charge on any atom is -0.339 e. The molecule has 0 amide bonds. The molecule has 0 saturated heterocycles. The van der Waals surface area contributed by atoms with Crippen molar-refractivity contribution in [1.29, 1.82) is 0 Å². The van der Waals surface area contributed by atoms with Crippen molar-refractivity contribution in [2.24, 2.45) is 0 Å². The molecule has 1 aliphatic rings. The van der Waals surface area contributed by atoms with Crippen LogP contribution in [0.5, 0.6) is 0 Å². The van der Waals surface area contributed by atoms with Crippen molar-refractivity contribution < 1.29 is 9.32 Å². The number of carbonyl (C=O) groups excluding carboxylic acids is 1. The predicted molar refractivity (Wildman–Crippen MR) is 66.3 cm³/mol. The minimum absolute atomic E-state index is 0.196. The first-order chi connectivity index (χ1) is 9.22. The molecule has 98 valence electrons. The lowest BCUT2D eigenvalue weighted by Gasteiger charge is -2.16. The van der Waals surface area contributed by atoms with E-state index in [9.17, 15) is 4.79 Å². The van der Waals surface area contributed by atoms with E-state index in [1.54, 1.807) is 12.3 Å². The second kappa shape index (κ2) is 4.87. The Bertz CT molecular complexity index is 598. The van der Waals surface area contributed by atoms with Gasteiger partial charge in [-0.15, -0.1) is 0 Å². The first-order valence-electron chi connectivity index (χ1n) is 6.37. The number of hydrogen-bond donors (Lipinski definition) is 0. The molecule has 2 aromatic rings. The van der Waals surface area contributed by atoms with Crippen molar-refractivity contribution in [3.8, 4) is 11.5 Å². The Morgan fingerprint density at radius 1 is 1.26 bits per heavy atom. The third-order valence-corrected chi connectivity index (χ3v) is 3.34. The van der Waals surface area contributed by atoms with E-state index in [1.807, 2.05) is 6.92 Å².